The Balaban J connectivity index is 1.50. The summed E-state index contributed by atoms with van der Waals surface area (Å²) >= 11 is 0. The first-order valence-corrected chi connectivity index (χ1v) is 11.3. The van der Waals surface area contributed by atoms with Crippen molar-refractivity contribution in [2.45, 2.75) is 57.5 Å². The maximum Gasteiger partial charge on any atom is 0.216 e. The van der Waals surface area contributed by atoms with Gasteiger partial charge in [0.1, 0.15) is 5.60 Å². The van der Waals surface area contributed by atoms with Gasteiger partial charge in [-0.25, -0.2) is 4.98 Å². The van der Waals surface area contributed by atoms with Gasteiger partial charge in [-0.05, 0) is 55.7 Å². The fraction of sp³-hybridized carbons (Fsp3) is 0.600. The molecule has 4 rings (SSSR count). The number of aliphatic hydroxyl groups is 1. The molecule has 2 aliphatic rings. The molecule has 0 aromatic carbocycles. The predicted octanol–water partition coefficient (Wildman–Crippen LogP) is 4.32. The van der Waals surface area contributed by atoms with Crippen molar-refractivity contribution in [1.82, 2.24) is 9.97 Å². The molecule has 4 heterocycles. The number of aliphatic hydroxyl groups excluding tert-OH is 1. The molecule has 2 fully saturated rings. The molecule has 1 N–H and O–H groups in total. The van der Waals surface area contributed by atoms with E-state index in [4.69, 9.17) is 14.5 Å². The van der Waals surface area contributed by atoms with Gasteiger partial charge in [0, 0.05) is 35.0 Å². The van der Waals surface area contributed by atoms with E-state index in [9.17, 15) is 9.50 Å². The summed E-state index contributed by atoms with van der Waals surface area (Å²) < 4.78 is 26.2. The molecule has 5 nitrogen and oxygen atoms in total. The molecule has 2 aromatic rings. The normalized spacial score (nSPS) is 23.8. The summed E-state index contributed by atoms with van der Waals surface area (Å²) in [6, 6.07) is 7.62. The van der Waals surface area contributed by atoms with Crippen LogP contribution in [0.2, 0.25) is 0 Å². The van der Waals surface area contributed by atoms with Crippen molar-refractivity contribution in [1.29, 1.82) is 0 Å². The van der Waals surface area contributed by atoms with Crippen LogP contribution >= 0.6 is 0 Å². The average molecular weight is 429 g/mol. The van der Waals surface area contributed by atoms with Crippen molar-refractivity contribution in [3.63, 3.8) is 0 Å². The average Bonchev–Trinajstić information content (AvgIpc) is 2.73. The molecule has 1 unspecified atom stereocenters. The van der Waals surface area contributed by atoms with Crippen LogP contribution in [0.4, 0.5) is 4.39 Å². The molecule has 2 aliphatic heterocycles. The minimum Gasteiger partial charge on any atom is -0.395 e. The third kappa shape index (κ3) is 4.66. The molecular weight excluding hydrogens is 395 g/mol. The lowest BCUT2D eigenvalue weighted by molar-refractivity contribution is -0.239. The van der Waals surface area contributed by atoms with Gasteiger partial charge in [0.25, 0.3) is 0 Å². The van der Waals surface area contributed by atoms with Gasteiger partial charge in [-0.15, -0.1) is 0 Å². The molecule has 6 heteroatoms. The Hall–Kier alpha value is -1.89. The predicted molar refractivity (Wildman–Crippen MR) is 117 cm³/mol. The van der Waals surface area contributed by atoms with Gasteiger partial charge in [-0.3, -0.25) is 4.98 Å². The molecule has 0 aliphatic carbocycles. The van der Waals surface area contributed by atoms with E-state index in [2.05, 4.69) is 11.9 Å². The van der Waals surface area contributed by atoms with E-state index in [-0.39, 0.29) is 12.2 Å². The molecular formula is C25H33FN2O3. The fourth-order valence-electron chi connectivity index (χ4n) is 4.48. The van der Waals surface area contributed by atoms with E-state index in [1.54, 1.807) is 6.20 Å². The molecule has 0 radical (unpaired) electrons. The lowest BCUT2D eigenvalue weighted by atomic mass is 9.79. The first-order valence-electron chi connectivity index (χ1n) is 11.3. The summed E-state index contributed by atoms with van der Waals surface area (Å²) in [4.78, 5) is 8.75. The Morgan fingerprint density at radius 2 is 2.03 bits per heavy atom. The number of hydrogen-bond donors (Lipinski definition) is 1. The second kappa shape index (κ2) is 8.93. The van der Waals surface area contributed by atoms with E-state index in [1.165, 1.54) is 0 Å². The molecule has 0 bridgehead atoms. The number of pyridine rings is 2. The van der Waals surface area contributed by atoms with Crippen LogP contribution in [-0.4, -0.2) is 47.1 Å². The third-order valence-corrected chi connectivity index (χ3v) is 7.07. The van der Waals surface area contributed by atoms with Crippen molar-refractivity contribution in [2.24, 2.45) is 11.8 Å². The number of nitrogens with zero attached hydrogens (tertiary/aromatic N) is 2. The second-order valence-corrected chi connectivity index (χ2v) is 9.87. The monoisotopic (exact) mass is 428 g/mol. The van der Waals surface area contributed by atoms with Crippen LogP contribution in [0.1, 0.15) is 51.3 Å². The number of halogens is 1. The summed E-state index contributed by atoms with van der Waals surface area (Å²) in [5.41, 5.74) is 2.44. The first-order chi connectivity index (χ1) is 14.8. The minimum atomic E-state index is -0.440. The highest BCUT2D eigenvalue weighted by molar-refractivity contribution is 5.59. The van der Waals surface area contributed by atoms with Crippen molar-refractivity contribution in [3.8, 4) is 11.3 Å². The van der Waals surface area contributed by atoms with Crippen LogP contribution < -0.4 is 0 Å². The lowest BCUT2D eigenvalue weighted by Gasteiger charge is -2.47. The van der Waals surface area contributed by atoms with Crippen molar-refractivity contribution in [3.05, 3.63) is 47.7 Å². The Labute approximate surface area is 184 Å². The van der Waals surface area contributed by atoms with Crippen LogP contribution in [-0.2, 0) is 21.3 Å². The van der Waals surface area contributed by atoms with Gasteiger partial charge < -0.3 is 14.6 Å². The van der Waals surface area contributed by atoms with Crippen LogP contribution in [0, 0.1) is 17.8 Å². The van der Waals surface area contributed by atoms with Gasteiger partial charge in [0.05, 0.1) is 25.5 Å². The van der Waals surface area contributed by atoms with Crippen molar-refractivity contribution < 1.29 is 19.0 Å². The molecule has 2 atom stereocenters. The van der Waals surface area contributed by atoms with Crippen LogP contribution in [0.25, 0.3) is 11.3 Å². The number of hydrogen-bond acceptors (Lipinski definition) is 5. The Kier molecular flexibility index (Phi) is 6.42. The highest BCUT2D eigenvalue weighted by atomic mass is 19.1. The van der Waals surface area contributed by atoms with E-state index in [1.807, 2.05) is 38.1 Å². The summed E-state index contributed by atoms with van der Waals surface area (Å²) in [6.45, 7) is 8.21. The van der Waals surface area contributed by atoms with E-state index >= 15 is 0 Å². The van der Waals surface area contributed by atoms with E-state index in [0.717, 1.165) is 36.2 Å². The largest absolute Gasteiger partial charge is 0.395 e. The summed E-state index contributed by atoms with van der Waals surface area (Å²) in [6.07, 6.45) is 5.21. The Bertz CT molecular complexity index is 913. The topological polar surface area (TPSA) is 64.5 Å². The highest BCUT2D eigenvalue weighted by Crippen LogP contribution is 2.37. The smallest absolute Gasteiger partial charge is 0.216 e. The summed E-state index contributed by atoms with van der Waals surface area (Å²) in [7, 11) is 0. The molecule has 2 saturated heterocycles. The molecule has 2 aromatic heterocycles. The van der Waals surface area contributed by atoms with E-state index in [0.29, 0.717) is 43.6 Å². The third-order valence-electron chi connectivity index (χ3n) is 7.07. The summed E-state index contributed by atoms with van der Waals surface area (Å²) in [5, 5.41) is 9.67. The molecule has 168 valence electrons. The van der Waals surface area contributed by atoms with Crippen LogP contribution in [0.15, 0.2) is 30.5 Å². The maximum atomic E-state index is 14.6. The number of ether oxygens (including phenoxy) is 2. The number of aromatic nitrogens is 2. The van der Waals surface area contributed by atoms with E-state index < -0.39 is 11.4 Å². The van der Waals surface area contributed by atoms with Gasteiger partial charge in [-0.2, -0.15) is 4.39 Å². The second-order valence-electron chi connectivity index (χ2n) is 9.87. The maximum absolute atomic E-state index is 14.6. The molecule has 0 saturated carbocycles. The van der Waals surface area contributed by atoms with Crippen LogP contribution in [0.5, 0.6) is 0 Å². The Morgan fingerprint density at radius 3 is 2.74 bits per heavy atom. The zero-order chi connectivity index (χ0) is 22.1. The molecule has 31 heavy (non-hydrogen) atoms. The lowest BCUT2D eigenvalue weighted by Crippen LogP contribution is -2.57. The fourth-order valence-corrected chi connectivity index (χ4v) is 4.48. The van der Waals surface area contributed by atoms with Gasteiger partial charge in [0.2, 0.25) is 5.95 Å². The molecule has 0 amide bonds. The quantitative estimate of drug-likeness (QED) is 0.719. The van der Waals surface area contributed by atoms with Crippen molar-refractivity contribution in [2.75, 3.05) is 26.4 Å². The SMILES string of the molecule is C[C@@H]1CCC(Cc2cc(-c3cccc(C(C)(C)CO)n3)cnc2F)CCOC12COC2. The Morgan fingerprint density at radius 1 is 1.23 bits per heavy atom. The van der Waals surface area contributed by atoms with Gasteiger partial charge in [-0.1, -0.05) is 26.8 Å². The van der Waals surface area contributed by atoms with Crippen LogP contribution in [0.3, 0.4) is 0 Å². The minimum absolute atomic E-state index is 0.00591. The zero-order valence-electron chi connectivity index (χ0n) is 18.7. The van der Waals surface area contributed by atoms with Gasteiger partial charge >= 0.3 is 0 Å². The van der Waals surface area contributed by atoms with Crippen molar-refractivity contribution >= 4 is 0 Å². The highest BCUT2D eigenvalue weighted by Gasteiger charge is 2.45. The molecule has 1 spiro atoms. The number of rotatable bonds is 5. The first kappa shape index (κ1) is 22.3. The zero-order valence-corrected chi connectivity index (χ0v) is 18.7. The standard InChI is InChI=1S/C25H33FN2O3/c1-17-7-8-18(9-10-31-25(17)15-30-16-25)11-19-12-20(13-27-23(19)26)21-5-4-6-22(28-21)24(2,3)14-29/h4-6,12-13,17-18,29H,7-11,14-16H2,1-3H3/t17-,18?/m1/s1. The van der Waals surface area contributed by atoms with Gasteiger partial charge in [0.15, 0.2) is 0 Å². The summed E-state index contributed by atoms with van der Waals surface area (Å²) in [5.74, 6) is 0.399.